The van der Waals surface area contributed by atoms with Gasteiger partial charge in [-0.2, -0.15) is 0 Å². The standard InChI is InChI=1S/C14H22FNO3/c1-17-7-3-8-19-14-5-4-12(10-13(14)15)11-16-6-9-18-2/h4-5,10,16H,3,6-9,11H2,1-2H3. The monoisotopic (exact) mass is 271 g/mol. The Labute approximate surface area is 113 Å². The molecule has 0 spiro atoms. The Hall–Kier alpha value is -1.17. The first-order valence-corrected chi connectivity index (χ1v) is 6.37. The lowest BCUT2D eigenvalue weighted by Crippen LogP contribution is -2.18. The summed E-state index contributed by atoms with van der Waals surface area (Å²) in [5, 5.41) is 3.16. The molecule has 0 radical (unpaired) electrons. The van der Waals surface area contributed by atoms with Crippen LogP contribution in [0, 0.1) is 5.82 Å². The third-order valence-corrected chi connectivity index (χ3v) is 2.56. The summed E-state index contributed by atoms with van der Waals surface area (Å²) in [5.41, 5.74) is 0.887. The lowest BCUT2D eigenvalue weighted by molar-refractivity contribution is 0.170. The Morgan fingerprint density at radius 2 is 1.89 bits per heavy atom. The van der Waals surface area contributed by atoms with Crippen molar-refractivity contribution in [3.05, 3.63) is 29.6 Å². The van der Waals surface area contributed by atoms with Crippen LogP contribution in [-0.2, 0) is 16.0 Å². The van der Waals surface area contributed by atoms with E-state index in [0.717, 1.165) is 18.5 Å². The topological polar surface area (TPSA) is 39.7 Å². The summed E-state index contributed by atoms with van der Waals surface area (Å²) in [7, 11) is 3.28. The van der Waals surface area contributed by atoms with Gasteiger partial charge in [-0.05, 0) is 17.7 Å². The van der Waals surface area contributed by atoms with Gasteiger partial charge < -0.3 is 19.5 Å². The molecule has 0 aromatic heterocycles. The van der Waals surface area contributed by atoms with E-state index in [-0.39, 0.29) is 11.6 Å². The van der Waals surface area contributed by atoms with Gasteiger partial charge >= 0.3 is 0 Å². The number of benzene rings is 1. The number of ether oxygens (including phenoxy) is 3. The maximum absolute atomic E-state index is 13.7. The number of halogens is 1. The zero-order valence-corrected chi connectivity index (χ0v) is 11.6. The van der Waals surface area contributed by atoms with E-state index in [9.17, 15) is 4.39 Å². The van der Waals surface area contributed by atoms with Crippen molar-refractivity contribution in [1.29, 1.82) is 0 Å². The normalized spacial score (nSPS) is 10.7. The van der Waals surface area contributed by atoms with Gasteiger partial charge in [0.2, 0.25) is 0 Å². The predicted molar refractivity (Wildman–Crippen MR) is 72.0 cm³/mol. The van der Waals surface area contributed by atoms with Crippen LogP contribution in [0.15, 0.2) is 18.2 Å². The van der Waals surface area contributed by atoms with Gasteiger partial charge in [0.15, 0.2) is 11.6 Å². The molecule has 0 aliphatic heterocycles. The summed E-state index contributed by atoms with van der Waals surface area (Å²) in [6, 6.07) is 5.01. The molecule has 1 aromatic carbocycles. The van der Waals surface area contributed by atoms with Crippen LogP contribution in [-0.4, -0.2) is 40.6 Å². The van der Waals surface area contributed by atoms with Crippen molar-refractivity contribution in [2.45, 2.75) is 13.0 Å². The quantitative estimate of drug-likeness (QED) is 0.661. The Kier molecular flexibility index (Phi) is 8.13. The molecule has 0 unspecified atom stereocenters. The van der Waals surface area contributed by atoms with Gasteiger partial charge in [-0.1, -0.05) is 6.07 Å². The molecule has 4 nitrogen and oxygen atoms in total. The summed E-state index contributed by atoms with van der Waals surface area (Å²) in [4.78, 5) is 0. The molecule has 108 valence electrons. The minimum absolute atomic E-state index is 0.289. The van der Waals surface area contributed by atoms with E-state index in [1.165, 1.54) is 6.07 Å². The van der Waals surface area contributed by atoms with Crippen LogP contribution in [0.4, 0.5) is 4.39 Å². The van der Waals surface area contributed by atoms with Gasteiger partial charge in [-0.15, -0.1) is 0 Å². The van der Waals surface area contributed by atoms with Gasteiger partial charge in [0.25, 0.3) is 0 Å². The number of nitrogens with one attached hydrogen (secondary N) is 1. The average molecular weight is 271 g/mol. The van der Waals surface area contributed by atoms with Crippen LogP contribution in [0.3, 0.4) is 0 Å². The fraction of sp³-hybridized carbons (Fsp3) is 0.571. The third-order valence-electron chi connectivity index (χ3n) is 2.56. The molecular weight excluding hydrogens is 249 g/mol. The van der Waals surface area contributed by atoms with Crippen molar-refractivity contribution in [2.24, 2.45) is 0 Å². The van der Waals surface area contributed by atoms with Crippen LogP contribution in [0.2, 0.25) is 0 Å². The van der Waals surface area contributed by atoms with Crippen molar-refractivity contribution < 1.29 is 18.6 Å². The molecule has 0 aliphatic rings. The SMILES string of the molecule is COCCCOc1ccc(CNCCOC)cc1F. The molecule has 5 heteroatoms. The molecule has 1 N–H and O–H groups in total. The van der Waals surface area contributed by atoms with Crippen molar-refractivity contribution >= 4 is 0 Å². The van der Waals surface area contributed by atoms with Crippen LogP contribution in [0.5, 0.6) is 5.75 Å². The smallest absolute Gasteiger partial charge is 0.165 e. The lowest BCUT2D eigenvalue weighted by Gasteiger charge is -2.09. The first-order chi connectivity index (χ1) is 9.27. The Bertz CT molecular complexity index is 361. The summed E-state index contributed by atoms with van der Waals surface area (Å²) >= 11 is 0. The lowest BCUT2D eigenvalue weighted by atomic mass is 10.2. The number of methoxy groups -OCH3 is 2. The average Bonchev–Trinajstić information content (AvgIpc) is 2.42. The maximum Gasteiger partial charge on any atom is 0.165 e. The molecule has 19 heavy (non-hydrogen) atoms. The highest BCUT2D eigenvalue weighted by Gasteiger charge is 2.04. The second kappa shape index (κ2) is 9.72. The summed E-state index contributed by atoms with van der Waals surface area (Å²) in [6.07, 6.45) is 0.746. The molecule has 0 atom stereocenters. The number of hydrogen-bond donors (Lipinski definition) is 1. The molecule has 0 aliphatic carbocycles. The van der Waals surface area contributed by atoms with E-state index in [1.807, 2.05) is 6.07 Å². The van der Waals surface area contributed by atoms with Crippen LogP contribution in [0.25, 0.3) is 0 Å². The zero-order valence-electron chi connectivity index (χ0n) is 11.6. The second-order valence-corrected chi connectivity index (χ2v) is 4.13. The third kappa shape index (κ3) is 6.52. The molecule has 1 rings (SSSR count). The molecule has 0 bridgehead atoms. The van der Waals surface area contributed by atoms with Crippen molar-refractivity contribution in [3.63, 3.8) is 0 Å². The minimum Gasteiger partial charge on any atom is -0.490 e. The summed E-state index contributed by atoms with van der Waals surface area (Å²) in [5.74, 6) is -0.0415. The van der Waals surface area contributed by atoms with E-state index in [2.05, 4.69) is 5.32 Å². The van der Waals surface area contributed by atoms with E-state index in [1.54, 1.807) is 20.3 Å². The van der Waals surface area contributed by atoms with Crippen LogP contribution < -0.4 is 10.1 Å². The van der Waals surface area contributed by atoms with Crippen LogP contribution in [0.1, 0.15) is 12.0 Å². The molecular formula is C14H22FNO3. The molecule has 0 heterocycles. The molecule has 0 saturated carbocycles. The number of hydrogen-bond acceptors (Lipinski definition) is 4. The van der Waals surface area contributed by atoms with E-state index in [4.69, 9.17) is 14.2 Å². The van der Waals surface area contributed by atoms with Gasteiger partial charge in [0.05, 0.1) is 13.2 Å². The number of rotatable bonds is 10. The summed E-state index contributed by atoms with van der Waals surface area (Å²) < 4.78 is 28.9. The summed E-state index contributed by atoms with van der Waals surface area (Å²) in [6.45, 7) is 3.07. The minimum atomic E-state index is -0.330. The van der Waals surface area contributed by atoms with Gasteiger partial charge in [0.1, 0.15) is 0 Å². The predicted octanol–water partition coefficient (Wildman–Crippen LogP) is 1.98. The van der Waals surface area contributed by atoms with Gasteiger partial charge in [0, 0.05) is 40.3 Å². The molecule has 0 saturated heterocycles. The van der Waals surface area contributed by atoms with E-state index in [0.29, 0.717) is 26.4 Å². The highest BCUT2D eigenvalue weighted by molar-refractivity contribution is 5.29. The first kappa shape index (κ1) is 15.9. The van der Waals surface area contributed by atoms with Crippen molar-refractivity contribution in [1.82, 2.24) is 5.32 Å². The highest BCUT2D eigenvalue weighted by atomic mass is 19.1. The second-order valence-electron chi connectivity index (χ2n) is 4.13. The maximum atomic E-state index is 13.7. The fourth-order valence-electron chi connectivity index (χ4n) is 1.56. The first-order valence-electron chi connectivity index (χ1n) is 6.37. The highest BCUT2D eigenvalue weighted by Crippen LogP contribution is 2.18. The fourth-order valence-corrected chi connectivity index (χ4v) is 1.56. The van der Waals surface area contributed by atoms with Crippen molar-refractivity contribution in [3.8, 4) is 5.75 Å². The molecule has 1 aromatic rings. The van der Waals surface area contributed by atoms with E-state index < -0.39 is 0 Å². The largest absolute Gasteiger partial charge is 0.490 e. The Morgan fingerprint density at radius 3 is 2.58 bits per heavy atom. The van der Waals surface area contributed by atoms with E-state index >= 15 is 0 Å². The molecule has 0 fully saturated rings. The Morgan fingerprint density at radius 1 is 1.11 bits per heavy atom. The van der Waals surface area contributed by atoms with Gasteiger partial charge in [-0.25, -0.2) is 4.39 Å². The Balaban J connectivity index is 2.36. The molecule has 0 amide bonds. The van der Waals surface area contributed by atoms with Crippen LogP contribution >= 0.6 is 0 Å². The zero-order chi connectivity index (χ0) is 13.9. The van der Waals surface area contributed by atoms with Crippen molar-refractivity contribution in [2.75, 3.05) is 40.6 Å². The van der Waals surface area contributed by atoms with Gasteiger partial charge in [-0.3, -0.25) is 0 Å².